The van der Waals surface area contributed by atoms with Gasteiger partial charge in [-0.1, -0.05) is 11.6 Å². The van der Waals surface area contributed by atoms with Gasteiger partial charge in [-0.2, -0.15) is 18.3 Å². The van der Waals surface area contributed by atoms with Crippen LogP contribution < -0.4 is 0 Å². The summed E-state index contributed by atoms with van der Waals surface area (Å²) in [6, 6.07) is 2.34. The van der Waals surface area contributed by atoms with Crippen molar-refractivity contribution in [2.24, 2.45) is 0 Å². The van der Waals surface area contributed by atoms with Crippen molar-refractivity contribution in [3.05, 3.63) is 40.9 Å². The Bertz CT molecular complexity index is 871. The second-order valence-electron chi connectivity index (χ2n) is 4.36. The average Bonchev–Trinajstić information content (AvgIpc) is 3.05. The maximum Gasteiger partial charge on any atom is 0.420 e. The Morgan fingerprint density at radius 3 is 2.68 bits per heavy atom. The molecule has 0 aliphatic heterocycles. The highest BCUT2D eigenvalue weighted by atomic mass is 35.5. The first-order chi connectivity index (χ1) is 10.3. The first-order valence-electron chi connectivity index (χ1n) is 5.81. The van der Waals surface area contributed by atoms with E-state index < -0.39 is 34.2 Å². The lowest BCUT2D eigenvalue weighted by molar-refractivity contribution is -0.136. The van der Waals surface area contributed by atoms with E-state index in [9.17, 15) is 18.0 Å². The molecule has 0 saturated heterocycles. The van der Waals surface area contributed by atoms with Crippen molar-refractivity contribution >= 4 is 23.2 Å². The minimum atomic E-state index is -4.72. The van der Waals surface area contributed by atoms with Gasteiger partial charge in [0.05, 0.1) is 11.3 Å². The fourth-order valence-electron chi connectivity index (χ4n) is 2.03. The number of rotatable bonds is 2. The molecule has 3 aromatic rings. The van der Waals surface area contributed by atoms with E-state index in [2.05, 4.69) is 15.2 Å². The molecule has 22 heavy (non-hydrogen) atoms. The molecule has 0 unspecified atom stereocenters. The number of aromatic nitrogens is 4. The predicted octanol–water partition coefficient (Wildman–Crippen LogP) is 3.09. The van der Waals surface area contributed by atoms with Gasteiger partial charge in [0.25, 0.3) is 0 Å². The molecule has 0 fully saturated rings. The Hall–Kier alpha value is -2.55. The van der Waals surface area contributed by atoms with Crippen LogP contribution in [0.2, 0.25) is 5.15 Å². The van der Waals surface area contributed by atoms with E-state index in [0.29, 0.717) is 5.69 Å². The molecule has 2 N–H and O–H groups in total. The quantitative estimate of drug-likeness (QED) is 0.756. The van der Waals surface area contributed by atoms with Crippen LogP contribution in [0.15, 0.2) is 24.5 Å². The van der Waals surface area contributed by atoms with Crippen LogP contribution in [0.5, 0.6) is 0 Å². The highest BCUT2D eigenvalue weighted by molar-refractivity contribution is 6.32. The molecule has 0 aliphatic carbocycles. The van der Waals surface area contributed by atoms with Gasteiger partial charge in [-0.25, -0.2) is 9.78 Å². The number of carboxylic acids is 1. The minimum Gasteiger partial charge on any atom is -0.476 e. The van der Waals surface area contributed by atoms with Gasteiger partial charge in [0.1, 0.15) is 5.15 Å². The molecular formula is C12H6ClF3N4O2. The summed E-state index contributed by atoms with van der Waals surface area (Å²) in [5, 5.41) is 14.8. The van der Waals surface area contributed by atoms with Crippen LogP contribution in [-0.2, 0) is 6.18 Å². The van der Waals surface area contributed by atoms with Gasteiger partial charge in [-0.3, -0.25) is 9.50 Å². The molecule has 3 rings (SSSR count). The fraction of sp³-hybridized carbons (Fsp3) is 0.0833. The normalized spacial score (nSPS) is 12.0. The number of pyridine rings is 1. The number of aromatic carboxylic acids is 1. The zero-order valence-electron chi connectivity index (χ0n) is 10.5. The molecule has 0 atom stereocenters. The smallest absolute Gasteiger partial charge is 0.420 e. The molecule has 0 aliphatic rings. The van der Waals surface area contributed by atoms with Crippen molar-refractivity contribution in [1.82, 2.24) is 19.6 Å². The molecule has 3 aromatic heterocycles. The highest BCUT2D eigenvalue weighted by Gasteiger charge is 2.36. The van der Waals surface area contributed by atoms with E-state index >= 15 is 0 Å². The third kappa shape index (κ3) is 2.19. The number of nitrogens with zero attached hydrogens (tertiary/aromatic N) is 3. The molecule has 0 saturated carbocycles. The van der Waals surface area contributed by atoms with Crippen molar-refractivity contribution in [1.29, 1.82) is 0 Å². The summed E-state index contributed by atoms with van der Waals surface area (Å²) in [5.74, 6) is -1.51. The molecule has 114 valence electrons. The monoisotopic (exact) mass is 330 g/mol. The second kappa shape index (κ2) is 4.73. The van der Waals surface area contributed by atoms with E-state index in [1.165, 1.54) is 18.5 Å². The largest absolute Gasteiger partial charge is 0.476 e. The summed E-state index contributed by atoms with van der Waals surface area (Å²) in [6.45, 7) is 0. The number of halogens is 4. The van der Waals surface area contributed by atoms with Crippen LogP contribution >= 0.6 is 11.6 Å². The lowest BCUT2D eigenvalue weighted by Crippen LogP contribution is -2.08. The first kappa shape index (κ1) is 14.4. The minimum absolute atomic E-state index is 0.147. The van der Waals surface area contributed by atoms with Gasteiger partial charge < -0.3 is 5.11 Å². The summed E-state index contributed by atoms with van der Waals surface area (Å²) in [7, 11) is 0. The molecule has 0 spiro atoms. The average molecular weight is 331 g/mol. The SMILES string of the molecule is O=C(O)c1nc2c(C(F)(F)F)cc(-c3ccn[nH]3)cn2c1Cl. The third-order valence-electron chi connectivity index (χ3n) is 2.98. The van der Waals surface area contributed by atoms with Gasteiger partial charge in [0.15, 0.2) is 11.3 Å². The Labute approximate surface area is 125 Å². The number of imidazole rings is 1. The van der Waals surface area contributed by atoms with Crippen molar-refractivity contribution in [2.75, 3.05) is 0 Å². The first-order valence-corrected chi connectivity index (χ1v) is 6.18. The number of fused-ring (bicyclic) bond motifs is 1. The highest BCUT2D eigenvalue weighted by Crippen LogP contribution is 2.36. The Kier molecular flexibility index (Phi) is 3.10. The maximum atomic E-state index is 13.2. The standard InChI is InChI=1S/C12H6ClF3N4O2/c13-9-8(11(21)22)18-10-6(12(14,15)16)3-5(4-20(9)10)7-1-2-17-19-7/h1-4H,(H,17,19)(H,21,22). The van der Waals surface area contributed by atoms with E-state index in [-0.39, 0.29) is 5.56 Å². The van der Waals surface area contributed by atoms with Crippen molar-refractivity contribution in [3.63, 3.8) is 0 Å². The van der Waals surface area contributed by atoms with Crippen LogP contribution in [0, 0.1) is 0 Å². The van der Waals surface area contributed by atoms with Gasteiger partial charge in [0, 0.05) is 18.0 Å². The molecule has 0 aromatic carbocycles. The summed E-state index contributed by atoms with van der Waals surface area (Å²) in [5.41, 5.74) is -1.83. The van der Waals surface area contributed by atoms with Crippen molar-refractivity contribution < 1.29 is 23.1 Å². The third-order valence-corrected chi connectivity index (χ3v) is 3.34. The van der Waals surface area contributed by atoms with E-state index in [1.807, 2.05) is 0 Å². The summed E-state index contributed by atoms with van der Waals surface area (Å²) in [6.07, 6.45) is -2.08. The summed E-state index contributed by atoms with van der Waals surface area (Å²) < 4.78 is 40.5. The number of carboxylic acid groups (broad SMARTS) is 1. The van der Waals surface area contributed by atoms with Gasteiger partial charge in [-0.05, 0) is 12.1 Å². The van der Waals surface area contributed by atoms with Gasteiger partial charge in [0.2, 0.25) is 0 Å². The molecule has 6 nitrogen and oxygen atoms in total. The van der Waals surface area contributed by atoms with E-state index in [0.717, 1.165) is 10.5 Å². The number of aromatic amines is 1. The lowest BCUT2D eigenvalue weighted by Gasteiger charge is -2.10. The Balaban J connectivity index is 2.39. The lowest BCUT2D eigenvalue weighted by atomic mass is 10.1. The zero-order valence-corrected chi connectivity index (χ0v) is 11.3. The Morgan fingerprint density at radius 1 is 1.41 bits per heavy atom. The van der Waals surface area contributed by atoms with E-state index in [4.69, 9.17) is 16.7 Å². The number of hydrogen-bond acceptors (Lipinski definition) is 3. The zero-order chi connectivity index (χ0) is 16.1. The van der Waals surface area contributed by atoms with Crippen molar-refractivity contribution in [3.8, 4) is 11.3 Å². The number of hydrogen-bond donors (Lipinski definition) is 2. The topological polar surface area (TPSA) is 83.3 Å². The number of carbonyl (C=O) groups is 1. The maximum absolute atomic E-state index is 13.2. The predicted molar refractivity (Wildman–Crippen MR) is 69.7 cm³/mol. The molecular weight excluding hydrogens is 325 g/mol. The Morgan fingerprint density at radius 2 is 2.14 bits per heavy atom. The molecule has 0 radical (unpaired) electrons. The fourth-order valence-corrected chi connectivity index (χ4v) is 2.28. The van der Waals surface area contributed by atoms with Crippen LogP contribution in [0.1, 0.15) is 16.1 Å². The summed E-state index contributed by atoms with van der Waals surface area (Å²) >= 11 is 5.83. The molecule has 0 bridgehead atoms. The van der Waals surface area contributed by atoms with Crippen LogP contribution in [0.4, 0.5) is 13.2 Å². The number of nitrogens with one attached hydrogen (secondary N) is 1. The number of alkyl halides is 3. The van der Waals surface area contributed by atoms with Crippen LogP contribution in [-0.4, -0.2) is 30.7 Å². The van der Waals surface area contributed by atoms with E-state index in [1.54, 1.807) is 0 Å². The van der Waals surface area contributed by atoms with Crippen LogP contribution in [0.25, 0.3) is 16.9 Å². The van der Waals surface area contributed by atoms with Gasteiger partial charge in [-0.15, -0.1) is 0 Å². The molecule has 3 heterocycles. The van der Waals surface area contributed by atoms with Crippen molar-refractivity contribution in [2.45, 2.75) is 6.18 Å². The van der Waals surface area contributed by atoms with Crippen LogP contribution in [0.3, 0.4) is 0 Å². The van der Waals surface area contributed by atoms with Gasteiger partial charge >= 0.3 is 12.1 Å². The molecule has 10 heteroatoms. The molecule has 0 amide bonds. The second-order valence-corrected chi connectivity index (χ2v) is 4.72. The number of H-pyrrole nitrogens is 1. The summed E-state index contributed by atoms with van der Waals surface area (Å²) in [4.78, 5) is 14.5.